The van der Waals surface area contributed by atoms with Crippen LogP contribution >= 0.6 is 39.9 Å². The van der Waals surface area contributed by atoms with Crippen molar-refractivity contribution in [3.05, 3.63) is 33.3 Å². The zero-order chi connectivity index (χ0) is 13.1. The van der Waals surface area contributed by atoms with E-state index in [9.17, 15) is 4.79 Å². The number of likely N-dealkylation sites (tertiary alicyclic amines) is 1. The molecule has 0 saturated carbocycles. The van der Waals surface area contributed by atoms with E-state index in [4.69, 9.17) is 17.3 Å². The van der Waals surface area contributed by atoms with Gasteiger partial charge in [0.2, 0.25) is 5.91 Å². The molecule has 6 heteroatoms. The molecule has 0 spiro atoms. The van der Waals surface area contributed by atoms with Gasteiger partial charge in [0, 0.05) is 23.6 Å². The molecular weight excluding hydrogens is 351 g/mol. The molecule has 2 N–H and O–H groups in total. The Hall–Kier alpha value is -0.290. The SMILES string of the molecule is Cl.NC1CCCN(C(=O)Cc2ccc(Br)c(Cl)c2)C1. The van der Waals surface area contributed by atoms with E-state index in [1.54, 1.807) is 0 Å². The van der Waals surface area contributed by atoms with Crippen molar-refractivity contribution in [3.63, 3.8) is 0 Å². The van der Waals surface area contributed by atoms with Gasteiger partial charge in [0.25, 0.3) is 0 Å². The third-order valence-corrected chi connectivity index (χ3v) is 4.38. The minimum Gasteiger partial charge on any atom is -0.341 e. The van der Waals surface area contributed by atoms with Crippen LogP contribution < -0.4 is 5.73 Å². The molecule has 106 valence electrons. The van der Waals surface area contributed by atoms with E-state index in [1.807, 2.05) is 23.1 Å². The van der Waals surface area contributed by atoms with Crippen LogP contribution in [0.1, 0.15) is 18.4 Å². The molecule has 0 bridgehead atoms. The normalized spacial score (nSPS) is 18.9. The van der Waals surface area contributed by atoms with Gasteiger partial charge in [-0.2, -0.15) is 0 Å². The lowest BCUT2D eigenvalue weighted by Crippen LogP contribution is -2.46. The molecular formula is C13H17BrCl2N2O. The van der Waals surface area contributed by atoms with Gasteiger partial charge in [-0.1, -0.05) is 17.7 Å². The summed E-state index contributed by atoms with van der Waals surface area (Å²) in [5.74, 6) is 0.128. The molecule has 0 aliphatic carbocycles. The number of piperidine rings is 1. The van der Waals surface area contributed by atoms with Gasteiger partial charge in [0.05, 0.1) is 11.4 Å². The Morgan fingerprint density at radius 2 is 2.26 bits per heavy atom. The van der Waals surface area contributed by atoms with Crippen molar-refractivity contribution < 1.29 is 4.79 Å². The summed E-state index contributed by atoms with van der Waals surface area (Å²) >= 11 is 9.35. The van der Waals surface area contributed by atoms with Crippen molar-refractivity contribution in [3.8, 4) is 0 Å². The van der Waals surface area contributed by atoms with Gasteiger partial charge < -0.3 is 10.6 Å². The smallest absolute Gasteiger partial charge is 0.227 e. The van der Waals surface area contributed by atoms with Gasteiger partial charge in [-0.15, -0.1) is 12.4 Å². The molecule has 19 heavy (non-hydrogen) atoms. The number of benzene rings is 1. The monoisotopic (exact) mass is 366 g/mol. The van der Waals surface area contributed by atoms with E-state index in [0.29, 0.717) is 18.0 Å². The van der Waals surface area contributed by atoms with Crippen LogP contribution in [0.15, 0.2) is 22.7 Å². The first-order valence-electron chi connectivity index (χ1n) is 6.03. The van der Waals surface area contributed by atoms with E-state index in [-0.39, 0.29) is 24.4 Å². The topological polar surface area (TPSA) is 46.3 Å². The Bertz CT molecular complexity index is 456. The molecule has 3 nitrogen and oxygen atoms in total. The number of nitrogens with zero attached hydrogens (tertiary/aromatic N) is 1. The lowest BCUT2D eigenvalue weighted by molar-refractivity contribution is -0.131. The summed E-state index contributed by atoms with van der Waals surface area (Å²) in [4.78, 5) is 14.0. The molecule has 1 aromatic rings. The molecule has 1 aromatic carbocycles. The van der Waals surface area contributed by atoms with E-state index >= 15 is 0 Å². The molecule has 1 saturated heterocycles. The first-order chi connectivity index (χ1) is 8.56. The third kappa shape index (κ3) is 4.63. The largest absolute Gasteiger partial charge is 0.341 e. The highest BCUT2D eigenvalue weighted by Gasteiger charge is 2.21. The van der Waals surface area contributed by atoms with Crippen LogP contribution in [0.25, 0.3) is 0 Å². The highest BCUT2D eigenvalue weighted by atomic mass is 79.9. The molecule has 1 heterocycles. The predicted molar refractivity (Wildman–Crippen MR) is 83.9 cm³/mol. The minimum atomic E-state index is 0. The Morgan fingerprint density at radius 1 is 1.53 bits per heavy atom. The zero-order valence-corrected chi connectivity index (χ0v) is 13.6. The second kappa shape index (κ2) is 7.48. The summed E-state index contributed by atoms with van der Waals surface area (Å²) in [5.41, 5.74) is 6.82. The van der Waals surface area contributed by atoms with Crippen molar-refractivity contribution in [2.75, 3.05) is 13.1 Å². The number of hydrogen-bond acceptors (Lipinski definition) is 2. The lowest BCUT2D eigenvalue weighted by atomic mass is 10.1. The number of halogens is 3. The van der Waals surface area contributed by atoms with Crippen LogP contribution in [0, 0.1) is 0 Å². The molecule has 1 unspecified atom stereocenters. The van der Waals surface area contributed by atoms with Crippen molar-refractivity contribution in [1.29, 1.82) is 0 Å². The average Bonchev–Trinajstić information content (AvgIpc) is 2.34. The summed E-state index contributed by atoms with van der Waals surface area (Å²) in [7, 11) is 0. The number of hydrogen-bond donors (Lipinski definition) is 1. The second-order valence-corrected chi connectivity index (χ2v) is 5.93. The molecule has 1 atom stereocenters. The maximum Gasteiger partial charge on any atom is 0.227 e. The van der Waals surface area contributed by atoms with Crippen LogP contribution in [0.2, 0.25) is 5.02 Å². The van der Waals surface area contributed by atoms with Crippen LogP contribution in [-0.2, 0) is 11.2 Å². The van der Waals surface area contributed by atoms with Crippen LogP contribution in [0.5, 0.6) is 0 Å². The van der Waals surface area contributed by atoms with Gasteiger partial charge in [0.15, 0.2) is 0 Å². The summed E-state index contributed by atoms with van der Waals surface area (Å²) in [5, 5.41) is 0.635. The molecule has 0 radical (unpaired) electrons. The van der Waals surface area contributed by atoms with Gasteiger partial charge in [-0.3, -0.25) is 4.79 Å². The Labute approximate surface area is 133 Å². The number of carbonyl (C=O) groups excluding carboxylic acids is 1. The first-order valence-corrected chi connectivity index (χ1v) is 7.20. The Morgan fingerprint density at radius 3 is 2.89 bits per heavy atom. The first kappa shape index (κ1) is 16.8. The lowest BCUT2D eigenvalue weighted by Gasteiger charge is -2.30. The fourth-order valence-corrected chi connectivity index (χ4v) is 2.62. The molecule has 2 rings (SSSR count). The quantitative estimate of drug-likeness (QED) is 0.873. The Kier molecular flexibility index (Phi) is 6.60. The molecule has 1 amide bonds. The summed E-state index contributed by atoms with van der Waals surface area (Å²) in [6.45, 7) is 1.49. The molecule has 1 fully saturated rings. The number of rotatable bonds is 2. The van der Waals surface area contributed by atoms with Crippen molar-refractivity contribution >= 4 is 45.8 Å². The fraction of sp³-hybridized carbons (Fsp3) is 0.462. The number of carbonyl (C=O) groups is 1. The highest BCUT2D eigenvalue weighted by molar-refractivity contribution is 9.10. The maximum absolute atomic E-state index is 12.1. The van der Waals surface area contributed by atoms with Gasteiger partial charge in [0.1, 0.15) is 0 Å². The summed E-state index contributed by atoms with van der Waals surface area (Å²) < 4.78 is 0.848. The minimum absolute atomic E-state index is 0. The fourth-order valence-electron chi connectivity index (χ4n) is 2.17. The van der Waals surface area contributed by atoms with Crippen molar-refractivity contribution in [1.82, 2.24) is 4.90 Å². The third-order valence-electron chi connectivity index (χ3n) is 3.15. The standard InChI is InChI=1S/C13H16BrClN2O.ClH/c14-11-4-3-9(6-12(11)15)7-13(18)17-5-1-2-10(16)8-17;/h3-4,6,10H,1-2,5,7-8,16H2;1H. The molecule has 1 aliphatic heterocycles. The predicted octanol–water partition coefficient (Wildman–Crippen LogP) is 3.02. The van der Waals surface area contributed by atoms with Crippen LogP contribution in [0.4, 0.5) is 0 Å². The highest BCUT2D eigenvalue weighted by Crippen LogP contribution is 2.23. The Balaban J connectivity index is 0.00000180. The summed E-state index contributed by atoms with van der Waals surface area (Å²) in [6.07, 6.45) is 2.39. The summed E-state index contributed by atoms with van der Waals surface area (Å²) in [6, 6.07) is 5.73. The van der Waals surface area contributed by atoms with Crippen LogP contribution in [0.3, 0.4) is 0 Å². The second-order valence-electron chi connectivity index (χ2n) is 4.67. The maximum atomic E-state index is 12.1. The van der Waals surface area contributed by atoms with Gasteiger partial charge in [-0.25, -0.2) is 0 Å². The number of amides is 1. The van der Waals surface area contributed by atoms with E-state index in [1.165, 1.54) is 0 Å². The van der Waals surface area contributed by atoms with Crippen LogP contribution in [-0.4, -0.2) is 29.9 Å². The average molecular weight is 368 g/mol. The van der Waals surface area contributed by atoms with Crippen molar-refractivity contribution in [2.24, 2.45) is 5.73 Å². The number of nitrogens with two attached hydrogens (primary N) is 1. The van der Waals surface area contributed by atoms with E-state index in [2.05, 4.69) is 15.9 Å². The van der Waals surface area contributed by atoms with E-state index in [0.717, 1.165) is 29.4 Å². The van der Waals surface area contributed by atoms with E-state index < -0.39 is 0 Å². The molecule has 0 aromatic heterocycles. The van der Waals surface area contributed by atoms with Gasteiger partial charge >= 0.3 is 0 Å². The zero-order valence-electron chi connectivity index (χ0n) is 10.4. The molecule has 1 aliphatic rings. The van der Waals surface area contributed by atoms with Crippen molar-refractivity contribution in [2.45, 2.75) is 25.3 Å². The van der Waals surface area contributed by atoms with Gasteiger partial charge in [-0.05, 0) is 46.5 Å².